The number of hydrogen-bond acceptors (Lipinski definition) is 2. The number of nitrogens with zero attached hydrogens (tertiary/aromatic N) is 2. The van der Waals surface area contributed by atoms with Crippen molar-refractivity contribution in [2.24, 2.45) is 0 Å². The maximum atomic E-state index is 13.0. The van der Waals surface area contributed by atoms with Crippen LogP contribution in [-0.4, -0.2) is 22.5 Å². The van der Waals surface area contributed by atoms with Gasteiger partial charge >= 0.3 is 6.18 Å². The highest BCUT2D eigenvalue weighted by molar-refractivity contribution is 5.48. The fourth-order valence-corrected chi connectivity index (χ4v) is 2.46. The highest BCUT2D eigenvalue weighted by Crippen LogP contribution is 2.32. The lowest BCUT2D eigenvalue weighted by Gasteiger charge is -2.14. The summed E-state index contributed by atoms with van der Waals surface area (Å²) in [5, 5.41) is 3.15. The molecule has 1 fully saturated rings. The van der Waals surface area contributed by atoms with Crippen LogP contribution >= 0.6 is 0 Å². The average molecular weight is 255 g/mol. The molecule has 1 N–H and O–H groups in total. The van der Waals surface area contributed by atoms with Gasteiger partial charge < -0.3 is 5.32 Å². The molecular weight excluding hydrogens is 243 g/mol. The number of aromatic nitrogens is 2. The van der Waals surface area contributed by atoms with Gasteiger partial charge in [-0.2, -0.15) is 13.2 Å². The molecule has 2 aromatic rings. The third-order valence-electron chi connectivity index (χ3n) is 3.29. The molecule has 1 unspecified atom stereocenters. The first-order valence-corrected chi connectivity index (χ1v) is 5.81. The molecule has 1 aliphatic rings. The third kappa shape index (κ3) is 1.77. The van der Waals surface area contributed by atoms with Crippen LogP contribution in [0.1, 0.15) is 23.9 Å². The topological polar surface area (TPSA) is 29.3 Å². The smallest absolute Gasteiger partial charge is 0.316 e. The van der Waals surface area contributed by atoms with E-state index in [9.17, 15) is 13.2 Å². The summed E-state index contributed by atoms with van der Waals surface area (Å²) in [7, 11) is 0. The second-order valence-electron chi connectivity index (χ2n) is 4.48. The van der Waals surface area contributed by atoms with Crippen LogP contribution in [0.5, 0.6) is 0 Å². The van der Waals surface area contributed by atoms with Gasteiger partial charge in [-0.05, 0) is 25.1 Å². The molecule has 0 bridgehead atoms. The molecule has 1 saturated heterocycles. The van der Waals surface area contributed by atoms with Gasteiger partial charge in [0.2, 0.25) is 0 Å². The van der Waals surface area contributed by atoms with Crippen molar-refractivity contribution in [2.75, 3.05) is 13.1 Å². The van der Waals surface area contributed by atoms with E-state index < -0.39 is 11.9 Å². The van der Waals surface area contributed by atoms with Crippen molar-refractivity contribution < 1.29 is 13.2 Å². The predicted molar refractivity (Wildman–Crippen MR) is 60.4 cm³/mol. The average Bonchev–Trinajstić information content (AvgIpc) is 2.95. The third-order valence-corrected chi connectivity index (χ3v) is 3.29. The number of rotatable bonds is 1. The van der Waals surface area contributed by atoms with Gasteiger partial charge in [0, 0.05) is 12.5 Å². The van der Waals surface area contributed by atoms with Crippen molar-refractivity contribution in [3.8, 4) is 0 Å². The minimum absolute atomic E-state index is 0.0519. The molecule has 0 aliphatic carbocycles. The van der Waals surface area contributed by atoms with Crippen LogP contribution in [0.25, 0.3) is 5.52 Å². The fourth-order valence-electron chi connectivity index (χ4n) is 2.46. The standard InChI is InChI=1S/C12H12F3N3/c13-12(14,15)10-3-1-2-9-7-17-11(18(9)10)8-4-5-16-6-8/h1-3,7-8,16H,4-6H2. The molecule has 1 atom stereocenters. The van der Waals surface area contributed by atoms with Crippen LogP contribution in [0.4, 0.5) is 13.2 Å². The summed E-state index contributed by atoms with van der Waals surface area (Å²) < 4.78 is 40.2. The lowest BCUT2D eigenvalue weighted by molar-refractivity contribution is -0.142. The highest BCUT2D eigenvalue weighted by Gasteiger charge is 2.35. The molecule has 3 rings (SSSR count). The first-order valence-electron chi connectivity index (χ1n) is 5.81. The van der Waals surface area contributed by atoms with Gasteiger partial charge in [-0.15, -0.1) is 0 Å². The summed E-state index contributed by atoms with van der Waals surface area (Å²) in [4.78, 5) is 4.17. The Hall–Kier alpha value is -1.56. The molecule has 0 aromatic carbocycles. The molecule has 6 heteroatoms. The van der Waals surface area contributed by atoms with Crippen molar-refractivity contribution in [3.63, 3.8) is 0 Å². The van der Waals surface area contributed by atoms with Gasteiger partial charge in [-0.1, -0.05) is 6.07 Å². The Balaban J connectivity index is 2.21. The summed E-state index contributed by atoms with van der Waals surface area (Å²) in [6, 6.07) is 4.16. The summed E-state index contributed by atoms with van der Waals surface area (Å²) in [6.45, 7) is 1.51. The largest absolute Gasteiger partial charge is 0.431 e. The molecule has 0 saturated carbocycles. The van der Waals surface area contributed by atoms with Gasteiger partial charge in [-0.25, -0.2) is 4.98 Å². The number of fused-ring (bicyclic) bond motifs is 1. The van der Waals surface area contributed by atoms with Gasteiger partial charge in [0.25, 0.3) is 0 Å². The van der Waals surface area contributed by atoms with Crippen molar-refractivity contribution in [1.82, 2.24) is 14.7 Å². The molecular formula is C12H12F3N3. The van der Waals surface area contributed by atoms with E-state index in [-0.39, 0.29) is 5.92 Å². The van der Waals surface area contributed by atoms with Crippen LogP contribution in [0.3, 0.4) is 0 Å². The normalized spacial score (nSPS) is 20.7. The molecule has 2 aromatic heterocycles. The zero-order chi connectivity index (χ0) is 12.8. The maximum absolute atomic E-state index is 13.0. The first-order chi connectivity index (χ1) is 8.57. The number of alkyl halides is 3. The van der Waals surface area contributed by atoms with E-state index in [4.69, 9.17) is 0 Å². The highest BCUT2D eigenvalue weighted by atomic mass is 19.4. The van der Waals surface area contributed by atoms with Crippen LogP contribution in [0, 0.1) is 0 Å². The lowest BCUT2D eigenvalue weighted by Crippen LogP contribution is -2.16. The zero-order valence-corrected chi connectivity index (χ0v) is 9.54. The van der Waals surface area contributed by atoms with E-state index in [1.165, 1.54) is 16.7 Å². The van der Waals surface area contributed by atoms with Gasteiger partial charge in [0.1, 0.15) is 11.5 Å². The Kier molecular flexibility index (Phi) is 2.55. The Labute approximate surface area is 102 Å². The van der Waals surface area contributed by atoms with Gasteiger partial charge in [0.05, 0.1) is 11.7 Å². The Morgan fingerprint density at radius 2 is 2.17 bits per heavy atom. The van der Waals surface area contributed by atoms with E-state index in [0.29, 0.717) is 17.9 Å². The summed E-state index contributed by atoms with van der Waals surface area (Å²) in [5.41, 5.74) is -0.161. The van der Waals surface area contributed by atoms with E-state index in [1.54, 1.807) is 6.07 Å². The Morgan fingerprint density at radius 1 is 1.33 bits per heavy atom. The van der Waals surface area contributed by atoms with Gasteiger partial charge in [-0.3, -0.25) is 4.40 Å². The Bertz CT molecular complexity index is 567. The van der Waals surface area contributed by atoms with E-state index in [1.807, 2.05) is 0 Å². The maximum Gasteiger partial charge on any atom is 0.431 e. The molecule has 3 nitrogen and oxygen atoms in total. The fraction of sp³-hybridized carbons (Fsp3) is 0.417. The zero-order valence-electron chi connectivity index (χ0n) is 9.54. The second kappa shape index (κ2) is 3.98. The minimum Gasteiger partial charge on any atom is -0.316 e. The van der Waals surface area contributed by atoms with Crippen LogP contribution in [0.15, 0.2) is 24.4 Å². The van der Waals surface area contributed by atoms with E-state index in [2.05, 4.69) is 10.3 Å². The minimum atomic E-state index is -4.36. The monoisotopic (exact) mass is 255 g/mol. The van der Waals surface area contributed by atoms with Gasteiger partial charge in [0.15, 0.2) is 0 Å². The molecule has 3 heterocycles. The summed E-state index contributed by atoms with van der Waals surface area (Å²) in [5.74, 6) is 0.555. The molecule has 96 valence electrons. The number of halogens is 3. The number of imidazole rings is 1. The molecule has 18 heavy (non-hydrogen) atoms. The number of pyridine rings is 1. The molecule has 0 radical (unpaired) electrons. The van der Waals surface area contributed by atoms with Crippen LogP contribution in [-0.2, 0) is 6.18 Å². The summed E-state index contributed by atoms with van der Waals surface area (Å²) in [6.07, 6.45) is -2.03. The van der Waals surface area contributed by atoms with Crippen LogP contribution < -0.4 is 5.32 Å². The van der Waals surface area contributed by atoms with E-state index in [0.717, 1.165) is 19.0 Å². The summed E-state index contributed by atoms with van der Waals surface area (Å²) >= 11 is 0. The number of nitrogens with one attached hydrogen (secondary N) is 1. The molecule has 0 spiro atoms. The lowest BCUT2D eigenvalue weighted by atomic mass is 10.1. The molecule has 0 amide bonds. The van der Waals surface area contributed by atoms with Crippen molar-refractivity contribution >= 4 is 5.52 Å². The Morgan fingerprint density at radius 3 is 2.83 bits per heavy atom. The second-order valence-corrected chi connectivity index (χ2v) is 4.48. The number of hydrogen-bond donors (Lipinski definition) is 1. The SMILES string of the molecule is FC(F)(F)c1cccc2cnc(C3CCNC3)n12. The van der Waals surface area contributed by atoms with Crippen LogP contribution in [0.2, 0.25) is 0 Å². The molecule has 1 aliphatic heterocycles. The van der Waals surface area contributed by atoms with Crippen molar-refractivity contribution in [2.45, 2.75) is 18.5 Å². The quantitative estimate of drug-likeness (QED) is 0.848. The van der Waals surface area contributed by atoms with Crippen molar-refractivity contribution in [3.05, 3.63) is 35.9 Å². The van der Waals surface area contributed by atoms with E-state index >= 15 is 0 Å². The first kappa shape index (κ1) is 11.5. The predicted octanol–water partition coefficient (Wildman–Crippen LogP) is 2.43. The van der Waals surface area contributed by atoms with Crippen molar-refractivity contribution in [1.29, 1.82) is 0 Å².